The highest BCUT2D eigenvalue weighted by Crippen LogP contribution is 2.34. The minimum atomic E-state index is -0.122. The first-order valence-corrected chi connectivity index (χ1v) is 6.73. The third-order valence-corrected chi connectivity index (χ3v) is 3.70. The van der Waals surface area contributed by atoms with Crippen molar-refractivity contribution in [3.63, 3.8) is 0 Å². The van der Waals surface area contributed by atoms with E-state index in [4.69, 9.17) is 10.5 Å². The molecule has 4 heteroatoms. The Morgan fingerprint density at radius 3 is 2.18 bits per heavy atom. The van der Waals surface area contributed by atoms with Crippen LogP contribution in [0.4, 0.5) is 0 Å². The van der Waals surface area contributed by atoms with Crippen LogP contribution in [0.2, 0.25) is 0 Å². The lowest BCUT2D eigenvalue weighted by Crippen LogP contribution is -2.38. The van der Waals surface area contributed by atoms with Gasteiger partial charge in [-0.3, -0.25) is 4.79 Å². The fraction of sp³-hybridized carbons (Fsp3) is 0.923. The second-order valence-corrected chi connectivity index (χ2v) is 5.48. The largest absolute Gasteiger partial charge is 0.380 e. The smallest absolute Gasteiger partial charge is 0.225 e. The van der Waals surface area contributed by atoms with Gasteiger partial charge >= 0.3 is 0 Å². The maximum atomic E-state index is 12.2. The molecule has 0 radical (unpaired) electrons. The van der Waals surface area contributed by atoms with Crippen LogP contribution in [-0.2, 0) is 9.53 Å². The van der Waals surface area contributed by atoms with Crippen LogP contribution in [0.5, 0.6) is 0 Å². The first-order chi connectivity index (χ1) is 8.22. The predicted molar refractivity (Wildman–Crippen MR) is 66.5 cm³/mol. The van der Waals surface area contributed by atoms with E-state index in [0.717, 1.165) is 24.9 Å². The van der Waals surface area contributed by atoms with E-state index in [1.165, 1.54) is 25.7 Å². The van der Waals surface area contributed by atoms with Crippen LogP contribution >= 0.6 is 0 Å². The van der Waals surface area contributed by atoms with Crippen molar-refractivity contribution in [3.8, 4) is 0 Å². The standard InChI is InChI=1S/C13H24N2O2/c1-17-12(7-14)6-13(16)15(8-10-2-3-10)9-11-4-5-11/h10-12H,2-9,14H2,1H3. The van der Waals surface area contributed by atoms with Gasteiger partial charge < -0.3 is 15.4 Å². The number of nitrogens with two attached hydrogens (primary N) is 1. The van der Waals surface area contributed by atoms with Gasteiger partial charge in [0.15, 0.2) is 0 Å². The van der Waals surface area contributed by atoms with Crippen LogP contribution in [0.15, 0.2) is 0 Å². The number of rotatable bonds is 8. The average Bonchev–Trinajstić information content (AvgIpc) is 3.18. The molecule has 0 spiro atoms. The lowest BCUT2D eigenvalue weighted by atomic mass is 10.2. The summed E-state index contributed by atoms with van der Waals surface area (Å²) in [5.41, 5.74) is 5.56. The number of amides is 1. The van der Waals surface area contributed by atoms with Crippen molar-refractivity contribution in [1.82, 2.24) is 4.90 Å². The van der Waals surface area contributed by atoms with E-state index in [9.17, 15) is 4.79 Å². The summed E-state index contributed by atoms with van der Waals surface area (Å²) in [5.74, 6) is 1.74. The molecule has 2 aliphatic rings. The molecule has 2 N–H and O–H groups in total. The Labute approximate surface area is 103 Å². The van der Waals surface area contributed by atoms with Crippen molar-refractivity contribution in [1.29, 1.82) is 0 Å². The van der Waals surface area contributed by atoms with Crippen molar-refractivity contribution >= 4 is 5.91 Å². The Morgan fingerprint density at radius 1 is 1.29 bits per heavy atom. The van der Waals surface area contributed by atoms with Gasteiger partial charge in [-0.05, 0) is 37.5 Å². The monoisotopic (exact) mass is 240 g/mol. The third-order valence-electron chi connectivity index (χ3n) is 3.70. The topological polar surface area (TPSA) is 55.6 Å². The number of hydrogen-bond acceptors (Lipinski definition) is 3. The van der Waals surface area contributed by atoms with E-state index >= 15 is 0 Å². The van der Waals surface area contributed by atoms with E-state index in [1.54, 1.807) is 7.11 Å². The average molecular weight is 240 g/mol. The minimum absolute atomic E-state index is 0.122. The Morgan fingerprint density at radius 2 is 1.82 bits per heavy atom. The number of methoxy groups -OCH3 is 1. The molecule has 1 unspecified atom stereocenters. The molecular weight excluding hydrogens is 216 g/mol. The Hall–Kier alpha value is -0.610. The molecule has 0 heterocycles. The van der Waals surface area contributed by atoms with E-state index in [-0.39, 0.29) is 12.0 Å². The maximum absolute atomic E-state index is 12.2. The molecule has 1 atom stereocenters. The predicted octanol–water partition coefficient (Wildman–Crippen LogP) is 0.999. The normalized spacial score (nSPS) is 21.3. The number of nitrogens with zero attached hydrogens (tertiary/aromatic N) is 1. The first-order valence-electron chi connectivity index (χ1n) is 6.73. The zero-order valence-corrected chi connectivity index (χ0v) is 10.7. The summed E-state index contributed by atoms with van der Waals surface area (Å²) in [6, 6.07) is 0. The summed E-state index contributed by atoms with van der Waals surface area (Å²) in [5, 5.41) is 0. The van der Waals surface area contributed by atoms with E-state index in [0.29, 0.717) is 13.0 Å². The van der Waals surface area contributed by atoms with Gasteiger partial charge in [0, 0.05) is 26.7 Å². The van der Waals surface area contributed by atoms with Crippen LogP contribution in [0.1, 0.15) is 32.1 Å². The Balaban J connectivity index is 1.81. The fourth-order valence-electron chi connectivity index (χ4n) is 2.09. The van der Waals surface area contributed by atoms with Crippen LogP contribution in [-0.4, -0.2) is 43.7 Å². The van der Waals surface area contributed by atoms with Crippen molar-refractivity contribution in [2.45, 2.75) is 38.2 Å². The molecule has 2 fully saturated rings. The molecule has 2 rings (SSSR count). The second-order valence-electron chi connectivity index (χ2n) is 5.48. The van der Waals surface area contributed by atoms with Gasteiger partial charge in [-0.2, -0.15) is 0 Å². The molecule has 0 aromatic carbocycles. The maximum Gasteiger partial charge on any atom is 0.225 e. The second kappa shape index (κ2) is 5.83. The summed E-state index contributed by atoms with van der Waals surface area (Å²) in [6.07, 6.45) is 5.48. The van der Waals surface area contributed by atoms with E-state index in [2.05, 4.69) is 4.90 Å². The number of carbonyl (C=O) groups is 1. The summed E-state index contributed by atoms with van der Waals surface area (Å²) < 4.78 is 5.19. The molecule has 1 amide bonds. The van der Waals surface area contributed by atoms with Gasteiger partial charge in [-0.25, -0.2) is 0 Å². The SMILES string of the molecule is COC(CN)CC(=O)N(CC1CC1)CC1CC1. The highest BCUT2D eigenvalue weighted by atomic mass is 16.5. The van der Waals surface area contributed by atoms with Gasteiger partial charge in [0.25, 0.3) is 0 Å². The molecule has 98 valence electrons. The first kappa shape index (κ1) is 12.8. The minimum Gasteiger partial charge on any atom is -0.380 e. The third kappa shape index (κ3) is 4.28. The molecular formula is C13H24N2O2. The summed E-state index contributed by atoms with van der Waals surface area (Å²) in [4.78, 5) is 14.2. The molecule has 17 heavy (non-hydrogen) atoms. The summed E-state index contributed by atoms with van der Waals surface area (Å²) in [6.45, 7) is 2.33. The van der Waals surface area contributed by atoms with E-state index < -0.39 is 0 Å². The van der Waals surface area contributed by atoms with Crippen molar-refractivity contribution in [2.24, 2.45) is 17.6 Å². The lowest BCUT2D eigenvalue weighted by Gasteiger charge is -2.24. The van der Waals surface area contributed by atoms with Gasteiger partial charge in [0.05, 0.1) is 12.5 Å². The van der Waals surface area contributed by atoms with Crippen molar-refractivity contribution in [2.75, 3.05) is 26.7 Å². The number of hydrogen-bond donors (Lipinski definition) is 1. The molecule has 0 aromatic rings. The van der Waals surface area contributed by atoms with Crippen LogP contribution in [0.3, 0.4) is 0 Å². The Bertz CT molecular complexity index is 244. The molecule has 4 nitrogen and oxygen atoms in total. The van der Waals surface area contributed by atoms with Gasteiger partial charge in [-0.1, -0.05) is 0 Å². The quantitative estimate of drug-likeness (QED) is 0.688. The molecule has 0 bridgehead atoms. The molecule has 0 aromatic heterocycles. The lowest BCUT2D eigenvalue weighted by molar-refractivity contribution is -0.134. The summed E-state index contributed by atoms with van der Waals surface area (Å²) in [7, 11) is 1.62. The van der Waals surface area contributed by atoms with Crippen LogP contribution in [0, 0.1) is 11.8 Å². The van der Waals surface area contributed by atoms with E-state index in [1.807, 2.05) is 0 Å². The Kier molecular flexibility index (Phi) is 4.40. The molecule has 0 saturated heterocycles. The zero-order valence-electron chi connectivity index (χ0n) is 10.7. The molecule has 2 aliphatic carbocycles. The van der Waals surface area contributed by atoms with Gasteiger partial charge in [0.1, 0.15) is 0 Å². The molecule has 0 aliphatic heterocycles. The number of carbonyl (C=O) groups excluding carboxylic acids is 1. The van der Waals surface area contributed by atoms with Gasteiger partial charge in [-0.15, -0.1) is 0 Å². The number of ether oxygens (including phenoxy) is 1. The van der Waals surface area contributed by atoms with Crippen LogP contribution in [0.25, 0.3) is 0 Å². The van der Waals surface area contributed by atoms with Gasteiger partial charge in [0.2, 0.25) is 5.91 Å². The zero-order chi connectivity index (χ0) is 12.3. The molecule has 2 saturated carbocycles. The highest BCUT2D eigenvalue weighted by molar-refractivity contribution is 5.76. The highest BCUT2D eigenvalue weighted by Gasteiger charge is 2.31. The van der Waals surface area contributed by atoms with Crippen molar-refractivity contribution < 1.29 is 9.53 Å². The fourth-order valence-corrected chi connectivity index (χ4v) is 2.09. The van der Waals surface area contributed by atoms with Crippen LogP contribution < -0.4 is 5.73 Å². The van der Waals surface area contributed by atoms with Crippen molar-refractivity contribution in [3.05, 3.63) is 0 Å². The summed E-state index contributed by atoms with van der Waals surface area (Å²) >= 11 is 0.